The summed E-state index contributed by atoms with van der Waals surface area (Å²) in [4.78, 5) is 0. The molecule has 4 aromatic carbocycles. The summed E-state index contributed by atoms with van der Waals surface area (Å²) in [5.74, 6) is 3.42. The molecule has 5 rings (SSSR count). The van der Waals surface area contributed by atoms with Gasteiger partial charge in [0.1, 0.15) is 0 Å². The van der Waals surface area contributed by atoms with E-state index < -0.39 is 8.40 Å². The normalized spacial score (nSPS) is 24.2. The molecule has 0 bridgehead atoms. The van der Waals surface area contributed by atoms with Gasteiger partial charge in [0.15, 0.2) is 0 Å². The standard InChI is InChI=1S/C30H30O4P2Se4/c1-31-21-15-17-25(27(19-21)33-3)29-35(37,23-11-7-5-8-12-23)40-30(26-18-16-22(32-2)20-28(26)34-4)36(38,39-29)24-13-9-6-10-14-24/h5-20,29-30H,1-4H3/t29-,30+,35-,36+. The Morgan fingerprint density at radius 2 is 0.900 bits per heavy atom. The molecule has 4 nitrogen and oxygen atoms in total. The van der Waals surface area contributed by atoms with E-state index >= 15 is 0 Å². The Bertz CT molecular complexity index is 1460. The van der Waals surface area contributed by atoms with E-state index in [0.29, 0.717) is 9.11 Å². The van der Waals surface area contributed by atoms with Gasteiger partial charge in [-0.3, -0.25) is 0 Å². The molecule has 0 amide bonds. The van der Waals surface area contributed by atoms with Gasteiger partial charge in [-0.05, 0) is 0 Å². The molecule has 4 aromatic rings. The quantitative estimate of drug-likeness (QED) is 0.173. The summed E-state index contributed by atoms with van der Waals surface area (Å²) in [6.45, 7) is 0. The summed E-state index contributed by atoms with van der Waals surface area (Å²) < 4.78 is 20.3. The summed E-state index contributed by atoms with van der Waals surface area (Å²) in [6, 6.07) is 34.9. The van der Waals surface area contributed by atoms with Crippen molar-refractivity contribution in [2.75, 3.05) is 28.4 Å². The zero-order valence-corrected chi connectivity index (χ0v) is 31.2. The molecule has 1 aliphatic rings. The molecule has 40 heavy (non-hydrogen) atoms. The van der Waals surface area contributed by atoms with Crippen molar-refractivity contribution in [2.24, 2.45) is 0 Å². The Morgan fingerprint density at radius 1 is 0.525 bits per heavy atom. The molecule has 1 heterocycles. The van der Waals surface area contributed by atoms with Gasteiger partial charge in [-0.2, -0.15) is 0 Å². The summed E-state index contributed by atoms with van der Waals surface area (Å²) in [6.07, 6.45) is 0. The number of ether oxygens (including phenoxy) is 4. The van der Waals surface area contributed by atoms with Gasteiger partial charge in [0.05, 0.1) is 0 Å². The molecule has 0 radical (unpaired) electrons. The molecular formula is C30H30O4P2Se4. The monoisotopic (exact) mass is 836 g/mol. The van der Waals surface area contributed by atoms with Crippen LogP contribution in [0.1, 0.15) is 20.2 Å². The Balaban J connectivity index is 1.78. The van der Waals surface area contributed by atoms with Crippen LogP contribution < -0.4 is 29.6 Å². The zero-order chi connectivity index (χ0) is 28.3. The Morgan fingerprint density at radius 3 is 1.23 bits per heavy atom. The third-order valence-corrected chi connectivity index (χ3v) is 50.4. The average Bonchev–Trinajstić information content (AvgIpc) is 3.02. The second-order valence-electron chi connectivity index (χ2n) is 9.00. The van der Waals surface area contributed by atoms with Crippen LogP contribution in [0.2, 0.25) is 0 Å². The van der Waals surface area contributed by atoms with Gasteiger partial charge < -0.3 is 0 Å². The molecule has 1 aliphatic heterocycles. The molecule has 0 aliphatic carbocycles. The number of hydrogen-bond donors (Lipinski definition) is 0. The summed E-state index contributed by atoms with van der Waals surface area (Å²) >= 11 is 8.17. The van der Waals surface area contributed by atoms with Crippen molar-refractivity contribution in [3.05, 3.63) is 108 Å². The van der Waals surface area contributed by atoms with E-state index in [4.69, 9.17) is 18.9 Å². The first-order valence-corrected chi connectivity index (χ1v) is 27.0. The first kappa shape index (κ1) is 30.5. The zero-order valence-electron chi connectivity index (χ0n) is 22.6. The van der Waals surface area contributed by atoms with Crippen molar-refractivity contribution >= 4 is 78.2 Å². The van der Waals surface area contributed by atoms with Crippen LogP contribution in [0.25, 0.3) is 0 Å². The second-order valence-corrected chi connectivity index (χ2v) is 41.6. The van der Waals surface area contributed by atoms with Gasteiger partial charge >= 0.3 is 266 Å². The van der Waals surface area contributed by atoms with Gasteiger partial charge in [-0.15, -0.1) is 0 Å². The van der Waals surface area contributed by atoms with Gasteiger partial charge in [0.2, 0.25) is 0 Å². The maximum absolute atomic E-state index is 6.03. The van der Waals surface area contributed by atoms with Gasteiger partial charge in [0, 0.05) is 0 Å². The minimum absolute atomic E-state index is 0.195. The van der Waals surface area contributed by atoms with Crippen molar-refractivity contribution < 1.29 is 18.9 Å². The SMILES string of the molecule is COc1ccc([C@H]2[Se][P@@](=[Se])(c3ccccc3)[C@H](c3ccc(OC)cc3OC)[Se][P@]2(=[Se])c2ccccc2)c(OC)c1. The van der Waals surface area contributed by atoms with E-state index in [1.165, 1.54) is 21.7 Å². The van der Waals surface area contributed by atoms with E-state index in [1.807, 2.05) is 12.1 Å². The van der Waals surface area contributed by atoms with Crippen LogP contribution in [0.5, 0.6) is 23.0 Å². The summed E-state index contributed by atoms with van der Waals surface area (Å²) in [7, 11) is 6.95. The van der Waals surface area contributed by atoms with Crippen LogP contribution in [0.15, 0.2) is 97.1 Å². The van der Waals surface area contributed by atoms with Crippen LogP contribution in [-0.4, -0.2) is 87.7 Å². The number of methoxy groups -OCH3 is 4. The molecule has 0 aromatic heterocycles. The molecular weight excluding hydrogens is 802 g/mol. The first-order chi connectivity index (χ1) is 19.4. The predicted octanol–water partition coefficient (Wildman–Crippen LogP) is 5.52. The van der Waals surface area contributed by atoms with E-state index in [2.05, 4.69) is 115 Å². The molecule has 1 fully saturated rings. The van der Waals surface area contributed by atoms with Gasteiger partial charge in [-0.25, -0.2) is 0 Å². The topological polar surface area (TPSA) is 36.9 Å². The Hall–Kier alpha value is -0.982. The van der Waals surface area contributed by atoms with E-state index in [1.54, 1.807) is 28.4 Å². The van der Waals surface area contributed by atoms with Crippen LogP contribution in [0.4, 0.5) is 0 Å². The predicted molar refractivity (Wildman–Crippen MR) is 174 cm³/mol. The van der Waals surface area contributed by atoms with E-state index in [0.717, 1.165) is 23.0 Å². The average molecular weight is 832 g/mol. The van der Waals surface area contributed by atoms with Crippen LogP contribution in [0, 0.1) is 0 Å². The van der Waals surface area contributed by atoms with Crippen LogP contribution in [0.3, 0.4) is 0 Å². The van der Waals surface area contributed by atoms with Crippen LogP contribution >= 0.6 is 8.40 Å². The van der Waals surface area contributed by atoms with Gasteiger partial charge in [0.25, 0.3) is 0 Å². The molecule has 208 valence electrons. The van der Waals surface area contributed by atoms with E-state index in [9.17, 15) is 0 Å². The van der Waals surface area contributed by atoms with E-state index in [-0.39, 0.29) is 29.0 Å². The minimum atomic E-state index is -1.82. The molecule has 1 saturated heterocycles. The van der Waals surface area contributed by atoms with Crippen molar-refractivity contribution in [3.8, 4) is 23.0 Å². The molecule has 0 N–H and O–H groups in total. The van der Waals surface area contributed by atoms with Crippen molar-refractivity contribution in [1.82, 2.24) is 0 Å². The fourth-order valence-electron chi connectivity index (χ4n) is 4.72. The van der Waals surface area contributed by atoms with Crippen molar-refractivity contribution in [3.63, 3.8) is 0 Å². The van der Waals surface area contributed by atoms with Crippen molar-refractivity contribution in [2.45, 2.75) is 9.11 Å². The van der Waals surface area contributed by atoms with Gasteiger partial charge in [-0.1, -0.05) is 0 Å². The maximum atomic E-state index is 6.03. The van der Waals surface area contributed by atoms with Crippen molar-refractivity contribution in [1.29, 1.82) is 0 Å². The van der Waals surface area contributed by atoms with Crippen LogP contribution in [-0.2, 0) is 0 Å². The fourth-order valence-corrected chi connectivity index (χ4v) is 64.0. The molecule has 4 atom stereocenters. The Kier molecular flexibility index (Phi) is 9.99. The number of hydrogen-bond acceptors (Lipinski definition) is 4. The molecule has 0 unspecified atom stereocenters. The Labute approximate surface area is 263 Å². The fraction of sp³-hybridized carbons (Fsp3) is 0.200. The number of benzene rings is 4. The molecule has 0 spiro atoms. The molecule has 0 saturated carbocycles. The second kappa shape index (κ2) is 13.1. The molecule has 10 heteroatoms. The summed E-state index contributed by atoms with van der Waals surface area (Å²) in [5.41, 5.74) is 2.55. The third-order valence-electron chi connectivity index (χ3n) is 6.78. The number of rotatable bonds is 8. The third kappa shape index (κ3) is 5.80. The summed E-state index contributed by atoms with van der Waals surface area (Å²) in [5, 5.41) is 2.85. The first-order valence-electron chi connectivity index (χ1n) is 12.5.